The molecule has 0 amide bonds. The molecule has 0 aromatic heterocycles. The van der Waals surface area contributed by atoms with Gasteiger partial charge in [0, 0.05) is 9.13 Å². The van der Waals surface area contributed by atoms with Gasteiger partial charge in [0.25, 0.3) is 0 Å². The molecule has 1 heterocycles. The summed E-state index contributed by atoms with van der Waals surface area (Å²) in [6, 6.07) is 5.31. The molecule has 0 bridgehead atoms. The van der Waals surface area contributed by atoms with Crippen LogP contribution in [0.2, 0.25) is 0 Å². The van der Waals surface area contributed by atoms with Crippen molar-refractivity contribution in [3.8, 4) is 5.75 Å². The second-order valence-electron chi connectivity index (χ2n) is 2.56. The van der Waals surface area contributed by atoms with Crippen molar-refractivity contribution in [1.29, 1.82) is 0 Å². The minimum absolute atomic E-state index is 0.392. The smallest absolute Gasteiger partial charge is 0.332 e. The molecule has 13 heavy (non-hydrogen) atoms. The van der Waals surface area contributed by atoms with Gasteiger partial charge in [-0.3, -0.25) is 0 Å². The van der Waals surface area contributed by atoms with Crippen LogP contribution >= 0.6 is 22.6 Å². The predicted molar refractivity (Wildman–Crippen MR) is 57.7 cm³/mol. The predicted octanol–water partition coefficient (Wildman–Crippen LogP) is 1.98. The fraction of sp³-hybridized carbons (Fsp3) is 0. The Labute approximate surface area is 89.7 Å². The fourth-order valence-electron chi connectivity index (χ4n) is 1.04. The summed E-state index contributed by atoms with van der Waals surface area (Å²) in [6.07, 6.45) is 1.54. The van der Waals surface area contributed by atoms with E-state index >= 15 is 0 Å². The summed E-state index contributed by atoms with van der Waals surface area (Å²) in [7, 11) is -3.49. The molecule has 0 aliphatic carbocycles. The van der Waals surface area contributed by atoms with Crippen molar-refractivity contribution in [3.63, 3.8) is 0 Å². The molecule has 68 valence electrons. The Morgan fingerprint density at radius 1 is 1.31 bits per heavy atom. The van der Waals surface area contributed by atoms with Crippen molar-refractivity contribution in [2.75, 3.05) is 0 Å². The zero-order chi connectivity index (χ0) is 9.47. The summed E-state index contributed by atoms with van der Waals surface area (Å²) in [5.74, 6) is 0.392. The second kappa shape index (κ2) is 2.98. The largest absolute Gasteiger partial charge is 0.379 e. The zero-order valence-corrected chi connectivity index (χ0v) is 9.37. The van der Waals surface area contributed by atoms with Gasteiger partial charge in [0.2, 0.25) is 0 Å². The molecule has 3 nitrogen and oxygen atoms in total. The molecule has 0 unspecified atom stereocenters. The highest BCUT2D eigenvalue weighted by Crippen LogP contribution is 2.27. The SMILES string of the molecule is O=S1(=O)C=Cc2cc(I)ccc2O1. The normalized spacial score (nSPS) is 17.6. The van der Waals surface area contributed by atoms with Gasteiger partial charge in [-0.1, -0.05) is 0 Å². The molecular formula is C8H5IO3S. The first kappa shape index (κ1) is 9.01. The van der Waals surface area contributed by atoms with Gasteiger partial charge in [-0.15, -0.1) is 0 Å². The summed E-state index contributed by atoms with van der Waals surface area (Å²) >= 11 is 2.16. The summed E-state index contributed by atoms with van der Waals surface area (Å²) in [5, 5.41) is 1.06. The van der Waals surface area contributed by atoms with Gasteiger partial charge in [0.1, 0.15) is 5.75 Å². The van der Waals surface area contributed by atoms with Crippen LogP contribution in [-0.4, -0.2) is 8.42 Å². The van der Waals surface area contributed by atoms with Crippen LogP contribution in [0.15, 0.2) is 23.6 Å². The summed E-state index contributed by atoms with van der Waals surface area (Å²) in [5.41, 5.74) is 0.793. The van der Waals surface area contributed by atoms with Crippen LogP contribution in [0.5, 0.6) is 5.75 Å². The lowest BCUT2D eigenvalue weighted by molar-refractivity contribution is 0.494. The maximum atomic E-state index is 11.0. The molecule has 1 aromatic rings. The average Bonchev–Trinajstić information content (AvgIpc) is 2.05. The number of rotatable bonds is 0. The quantitative estimate of drug-likeness (QED) is 0.544. The molecule has 0 spiro atoms. The monoisotopic (exact) mass is 308 g/mol. The van der Waals surface area contributed by atoms with Gasteiger partial charge in [0.15, 0.2) is 0 Å². The minimum Gasteiger partial charge on any atom is -0.379 e. The van der Waals surface area contributed by atoms with Crippen LogP contribution in [0, 0.1) is 3.57 Å². The summed E-state index contributed by atoms with van der Waals surface area (Å²) < 4.78 is 27.8. The number of hydrogen-bond acceptors (Lipinski definition) is 3. The molecule has 0 saturated carbocycles. The van der Waals surface area contributed by atoms with Crippen LogP contribution in [-0.2, 0) is 10.1 Å². The second-order valence-corrected chi connectivity index (χ2v) is 5.23. The maximum Gasteiger partial charge on any atom is 0.332 e. The number of halogens is 1. The minimum atomic E-state index is -3.49. The lowest BCUT2D eigenvalue weighted by Gasteiger charge is -2.11. The Balaban J connectivity index is 2.59. The molecule has 5 heteroatoms. The Morgan fingerprint density at radius 2 is 2.08 bits per heavy atom. The van der Waals surface area contributed by atoms with Gasteiger partial charge >= 0.3 is 10.1 Å². The molecule has 1 aliphatic rings. The first-order valence-electron chi connectivity index (χ1n) is 3.49. The first-order valence-corrected chi connectivity index (χ1v) is 6.04. The molecule has 2 rings (SSSR count). The molecule has 0 fully saturated rings. The third kappa shape index (κ3) is 1.86. The van der Waals surface area contributed by atoms with Gasteiger partial charge in [-0.2, -0.15) is 8.42 Å². The maximum absolute atomic E-state index is 11.0. The lowest BCUT2D eigenvalue weighted by Crippen LogP contribution is -2.09. The number of fused-ring (bicyclic) bond motifs is 1. The van der Waals surface area contributed by atoms with Crippen molar-refractivity contribution in [2.24, 2.45) is 0 Å². The van der Waals surface area contributed by atoms with E-state index in [1.165, 1.54) is 6.08 Å². The van der Waals surface area contributed by atoms with E-state index in [1.54, 1.807) is 12.1 Å². The molecule has 0 radical (unpaired) electrons. The first-order chi connectivity index (χ1) is 6.07. The molecule has 1 aliphatic heterocycles. The standard InChI is InChI=1S/C8H5IO3S/c9-7-1-2-8-6(5-7)3-4-13(10,11)12-8/h1-5H. The molecule has 1 aromatic carbocycles. The van der Waals surface area contributed by atoms with Crippen molar-refractivity contribution in [1.82, 2.24) is 0 Å². The van der Waals surface area contributed by atoms with Crippen molar-refractivity contribution in [2.45, 2.75) is 0 Å². The van der Waals surface area contributed by atoms with Crippen LogP contribution in [0.1, 0.15) is 5.56 Å². The van der Waals surface area contributed by atoms with Gasteiger partial charge in [0.05, 0.1) is 5.41 Å². The Bertz CT molecular complexity index is 476. The molecular weight excluding hydrogens is 303 g/mol. The van der Waals surface area contributed by atoms with Gasteiger partial charge in [-0.25, -0.2) is 0 Å². The third-order valence-corrected chi connectivity index (χ3v) is 3.14. The Hall–Kier alpha value is -0.560. The topological polar surface area (TPSA) is 43.4 Å². The molecule has 0 N–H and O–H groups in total. The van der Waals surface area contributed by atoms with Crippen molar-refractivity contribution in [3.05, 3.63) is 32.7 Å². The third-order valence-electron chi connectivity index (χ3n) is 1.59. The van der Waals surface area contributed by atoms with E-state index in [9.17, 15) is 8.42 Å². The van der Waals surface area contributed by atoms with Crippen LogP contribution in [0.4, 0.5) is 0 Å². The van der Waals surface area contributed by atoms with E-state index in [0.29, 0.717) is 5.75 Å². The Kier molecular flexibility index (Phi) is 2.07. The van der Waals surface area contributed by atoms with E-state index in [-0.39, 0.29) is 0 Å². The Morgan fingerprint density at radius 3 is 2.85 bits per heavy atom. The fourth-order valence-corrected chi connectivity index (χ4v) is 2.32. The summed E-state index contributed by atoms with van der Waals surface area (Å²) in [4.78, 5) is 0. The lowest BCUT2D eigenvalue weighted by atomic mass is 10.2. The van der Waals surface area contributed by atoms with E-state index in [1.807, 2.05) is 6.07 Å². The highest BCUT2D eigenvalue weighted by Gasteiger charge is 2.16. The van der Waals surface area contributed by atoms with Crippen LogP contribution in [0.25, 0.3) is 6.08 Å². The number of benzene rings is 1. The van der Waals surface area contributed by atoms with E-state index in [2.05, 4.69) is 22.6 Å². The molecule has 0 saturated heterocycles. The van der Waals surface area contributed by atoms with Gasteiger partial charge in [-0.05, 0) is 46.9 Å². The highest BCUT2D eigenvalue weighted by atomic mass is 127. The summed E-state index contributed by atoms with van der Waals surface area (Å²) in [6.45, 7) is 0. The van der Waals surface area contributed by atoms with Gasteiger partial charge < -0.3 is 4.18 Å². The van der Waals surface area contributed by atoms with Crippen LogP contribution < -0.4 is 4.18 Å². The van der Waals surface area contributed by atoms with E-state index in [4.69, 9.17) is 4.18 Å². The van der Waals surface area contributed by atoms with Crippen LogP contribution in [0.3, 0.4) is 0 Å². The van der Waals surface area contributed by atoms with Crippen molar-refractivity contribution >= 4 is 38.8 Å². The van der Waals surface area contributed by atoms with E-state index < -0.39 is 10.1 Å². The average molecular weight is 308 g/mol. The number of hydrogen-bond donors (Lipinski definition) is 0. The van der Waals surface area contributed by atoms with Crippen molar-refractivity contribution < 1.29 is 12.6 Å². The van der Waals surface area contributed by atoms with E-state index in [0.717, 1.165) is 14.5 Å². The molecule has 0 atom stereocenters. The zero-order valence-electron chi connectivity index (χ0n) is 6.40. The highest BCUT2D eigenvalue weighted by molar-refractivity contribution is 14.1.